The van der Waals surface area contributed by atoms with Gasteiger partial charge in [0, 0.05) is 25.2 Å². The number of hydrogen-bond acceptors (Lipinski definition) is 3. The van der Waals surface area contributed by atoms with Crippen LogP contribution >= 0.6 is 0 Å². The Bertz CT molecular complexity index is 879. The van der Waals surface area contributed by atoms with Gasteiger partial charge in [-0.05, 0) is 55.5 Å². The Hall–Kier alpha value is -2.18. The van der Waals surface area contributed by atoms with Gasteiger partial charge in [0.25, 0.3) is 0 Å². The van der Waals surface area contributed by atoms with E-state index in [2.05, 4.69) is 4.72 Å². The summed E-state index contributed by atoms with van der Waals surface area (Å²) in [6, 6.07) is 15.0. The van der Waals surface area contributed by atoms with Crippen LogP contribution in [0.5, 0.6) is 0 Å². The molecule has 0 aliphatic carbocycles. The highest BCUT2D eigenvalue weighted by Gasteiger charge is 2.24. The van der Waals surface area contributed by atoms with Gasteiger partial charge in [-0.2, -0.15) is 0 Å². The Morgan fingerprint density at radius 1 is 1.12 bits per heavy atom. The Morgan fingerprint density at radius 3 is 2.54 bits per heavy atom. The number of carbonyl (C=O) groups is 1. The molecule has 1 aliphatic rings. The van der Waals surface area contributed by atoms with Gasteiger partial charge in [0.2, 0.25) is 15.9 Å². The molecule has 1 amide bonds. The van der Waals surface area contributed by atoms with Crippen molar-refractivity contribution in [2.75, 3.05) is 18.0 Å². The topological polar surface area (TPSA) is 66.5 Å². The molecule has 1 N–H and O–H groups in total. The lowest BCUT2D eigenvalue weighted by Crippen LogP contribution is -2.26. The van der Waals surface area contributed by atoms with Gasteiger partial charge in [0.1, 0.15) is 0 Å². The van der Waals surface area contributed by atoms with Crippen molar-refractivity contribution in [1.82, 2.24) is 4.72 Å². The molecule has 1 fully saturated rings. The van der Waals surface area contributed by atoms with Crippen molar-refractivity contribution in [2.45, 2.75) is 37.5 Å². The summed E-state index contributed by atoms with van der Waals surface area (Å²) in [6.07, 6.45) is 2.98. The van der Waals surface area contributed by atoms with Crippen LogP contribution in [-0.2, 0) is 21.2 Å². The number of hydrogen-bond donors (Lipinski definition) is 1. The molecule has 0 bridgehead atoms. The van der Waals surface area contributed by atoms with Crippen LogP contribution in [0, 0.1) is 6.92 Å². The average Bonchev–Trinajstić information content (AvgIpc) is 3.05. The highest BCUT2D eigenvalue weighted by Crippen LogP contribution is 2.27. The minimum atomic E-state index is -3.54. The molecule has 0 spiro atoms. The molecule has 5 nitrogen and oxygen atoms in total. The number of rotatable bonds is 7. The smallest absolute Gasteiger partial charge is 0.240 e. The minimum absolute atomic E-state index is 0.0998. The van der Waals surface area contributed by atoms with E-state index in [-0.39, 0.29) is 10.8 Å². The van der Waals surface area contributed by atoms with E-state index in [4.69, 9.17) is 0 Å². The largest absolute Gasteiger partial charge is 0.312 e. The van der Waals surface area contributed by atoms with Gasteiger partial charge in [-0.1, -0.05) is 30.3 Å². The van der Waals surface area contributed by atoms with Gasteiger partial charge in [-0.25, -0.2) is 13.1 Å². The molecule has 0 aromatic heterocycles. The third-order valence-electron chi connectivity index (χ3n) is 4.62. The summed E-state index contributed by atoms with van der Waals surface area (Å²) in [5, 5.41) is 0. The summed E-state index contributed by atoms with van der Waals surface area (Å²) in [5.41, 5.74) is 2.80. The molecule has 138 valence electrons. The molecular weight excluding hydrogens is 348 g/mol. The summed E-state index contributed by atoms with van der Waals surface area (Å²) < 4.78 is 27.7. The Morgan fingerprint density at radius 2 is 1.88 bits per heavy atom. The van der Waals surface area contributed by atoms with Crippen LogP contribution in [0.4, 0.5) is 5.69 Å². The first kappa shape index (κ1) is 18.6. The molecule has 2 aromatic carbocycles. The molecule has 6 heteroatoms. The maximum atomic E-state index is 12.5. The number of aryl methyl sites for hydroxylation is 2. The van der Waals surface area contributed by atoms with E-state index >= 15 is 0 Å². The second-order valence-electron chi connectivity index (χ2n) is 6.58. The normalized spacial score (nSPS) is 14.8. The van der Waals surface area contributed by atoms with Crippen LogP contribution in [0.1, 0.15) is 30.4 Å². The van der Waals surface area contributed by atoms with Gasteiger partial charge in [-0.3, -0.25) is 4.79 Å². The summed E-state index contributed by atoms with van der Waals surface area (Å²) in [6.45, 7) is 2.93. The standard InChI is InChI=1S/C20H24N2O3S/c1-16-15-18(11-12-19(16)22-14-6-10-20(22)23)26(24,25)21-13-5-9-17-7-3-2-4-8-17/h2-4,7-8,11-12,15,21H,5-6,9-10,13-14H2,1H3. The van der Waals surface area contributed by atoms with E-state index in [0.29, 0.717) is 19.5 Å². The first-order chi connectivity index (χ1) is 12.5. The first-order valence-corrected chi connectivity index (χ1v) is 10.4. The van der Waals surface area contributed by atoms with Crippen molar-refractivity contribution >= 4 is 21.6 Å². The summed E-state index contributed by atoms with van der Waals surface area (Å²) in [5.74, 6) is 0.0998. The SMILES string of the molecule is Cc1cc(S(=O)(=O)NCCCc2ccccc2)ccc1N1CCCC1=O. The maximum absolute atomic E-state index is 12.5. The number of nitrogens with one attached hydrogen (secondary N) is 1. The fourth-order valence-electron chi connectivity index (χ4n) is 3.23. The molecule has 0 unspecified atom stereocenters. The van der Waals surface area contributed by atoms with Crippen LogP contribution in [0.2, 0.25) is 0 Å². The lowest BCUT2D eigenvalue weighted by molar-refractivity contribution is -0.117. The van der Waals surface area contributed by atoms with Crippen molar-refractivity contribution in [1.29, 1.82) is 0 Å². The third kappa shape index (κ3) is 4.31. The Balaban J connectivity index is 1.62. The van der Waals surface area contributed by atoms with E-state index in [1.807, 2.05) is 37.3 Å². The fraction of sp³-hybridized carbons (Fsp3) is 0.350. The Kier molecular flexibility index (Phi) is 5.74. The lowest BCUT2D eigenvalue weighted by Gasteiger charge is -2.19. The highest BCUT2D eigenvalue weighted by atomic mass is 32.2. The van der Waals surface area contributed by atoms with Gasteiger partial charge in [-0.15, -0.1) is 0 Å². The maximum Gasteiger partial charge on any atom is 0.240 e. The second-order valence-corrected chi connectivity index (χ2v) is 8.35. The summed E-state index contributed by atoms with van der Waals surface area (Å²) >= 11 is 0. The second kappa shape index (κ2) is 8.01. The number of sulfonamides is 1. The lowest BCUT2D eigenvalue weighted by atomic mass is 10.1. The van der Waals surface area contributed by atoms with Crippen LogP contribution in [0.3, 0.4) is 0 Å². The van der Waals surface area contributed by atoms with Gasteiger partial charge >= 0.3 is 0 Å². The Labute approximate surface area is 155 Å². The molecule has 2 aromatic rings. The number of amides is 1. The van der Waals surface area contributed by atoms with Crippen molar-refractivity contribution in [3.05, 3.63) is 59.7 Å². The highest BCUT2D eigenvalue weighted by molar-refractivity contribution is 7.89. The van der Waals surface area contributed by atoms with Crippen LogP contribution < -0.4 is 9.62 Å². The zero-order valence-corrected chi connectivity index (χ0v) is 15.8. The zero-order chi connectivity index (χ0) is 18.6. The van der Waals surface area contributed by atoms with E-state index < -0.39 is 10.0 Å². The van der Waals surface area contributed by atoms with E-state index in [9.17, 15) is 13.2 Å². The van der Waals surface area contributed by atoms with Crippen LogP contribution in [0.15, 0.2) is 53.4 Å². The van der Waals surface area contributed by atoms with Crippen molar-refractivity contribution < 1.29 is 13.2 Å². The molecule has 0 saturated carbocycles. The predicted molar refractivity (Wildman–Crippen MR) is 103 cm³/mol. The van der Waals surface area contributed by atoms with Crippen molar-refractivity contribution in [2.24, 2.45) is 0 Å². The minimum Gasteiger partial charge on any atom is -0.312 e. The van der Waals surface area contributed by atoms with Crippen LogP contribution in [0.25, 0.3) is 0 Å². The van der Waals surface area contributed by atoms with Gasteiger partial charge in [0.05, 0.1) is 4.90 Å². The molecule has 1 heterocycles. The molecule has 3 rings (SSSR count). The number of nitrogens with zero attached hydrogens (tertiary/aromatic N) is 1. The predicted octanol–water partition coefficient (Wildman–Crippen LogP) is 3.03. The van der Waals surface area contributed by atoms with E-state index in [0.717, 1.165) is 30.5 Å². The molecule has 26 heavy (non-hydrogen) atoms. The number of benzene rings is 2. The molecule has 0 atom stereocenters. The fourth-order valence-corrected chi connectivity index (χ4v) is 4.39. The van der Waals surface area contributed by atoms with E-state index in [1.165, 1.54) is 5.56 Å². The van der Waals surface area contributed by atoms with Crippen molar-refractivity contribution in [3.8, 4) is 0 Å². The molecule has 1 saturated heterocycles. The summed E-state index contributed by atoms with van der Waals surface area (Å²) in [7, 11) is -3.54. The quantitative estimate of drug-likeness (QED) is 0.760. The molecule has 1 aliphatic heterocycles. The van der Waals surface area contributed by atoms with E-state index in [1.54, 1.807) is 23.1 Å². The van der Waals surface area contributed by atoms with Gasteiger partial charge < -0.3 is 4.90 Å². The summed E-state index contributed by atoms with van der Waals surface area (Å²) in [4.78, 5) is 13.9. The molecular formula is C20H24N2O3S. The van der Waals surface area contributed by atoms with Gasteiger partial charge in [0.15, 0.2) is 0 Å². The average molecular weight is 372 g/mol. The zero-order valence-electron chi connectivity index (χ0n) is 14.9. The van der Waals surface area contributed by atoms with Crippen LogP contribution in [-0.4, -0.2) is 27.4 Å². The number of anilines is 1. The van der Waals surface area contributed by atoms with Crippen molar-refractivity contribution in [3.63, 3.8) is 0 Å². The number of carbonyl (C=O) groups excluding carboxylic acids is 1. The first-order valence-electron chi connectivity index (χ1n) is 8.92. The third-order valence-corrected chi connectivity index (χ3v) is 6.08. The monoisotopic (exact) mass is 372 g/mol. The molecule has 0 radical (unpaired) electrons.